The summed E-state index contributed by atoms with van der Waals surface area (Å²) in [4.78, 5) is 0. The molecule has 2 aromatic rings. The van der Waals surface area contributed by atoms with Gasteiger partial charge < -0.3 is 5.32 Å². The molecule has 0 unspecified atom stereocenters. The number of nitrogens with one attached hydrogen (secondary N) is 1. The lowest BCUT2D eigenvalue weighted by atomic mass is 10.2. The van der Waals surface area contributed by atoms with Crippen LogP contribution in [0, 0.1) is 5.82 Å². The third-order valence-electron chi connectivity index (χ3n) is 2.71. The highest BCUT2D eigenvalue weighted by Gasteiger charge is 2.09. The maximum absolute atomic E-state index is 13.8. The van der Waals surface area contributed by atoms with Crippen molar-refractivity contribution >= 4 is 11.6 Å². The summed E-state index contributed by atoms with van der Waals surface area (Å²) in [5.74, 6) is -0.371. The molecule has 0 aliphatic rings. The Hall–Kier alpha value is -1.39. The number of benzene rings is 1. The van der Waals surface area contributed by atoms with Gasteiger partial charge in [-0.2, -0.15) is 5.10 Å². The predicted molar refractivity (Wildman–Crippen MR) is 70.1 cm³/mol. The van der Waals surface area contributed by atoms with Gasteiger partial charge in [0, 0.05) is 18.3 Å². The molecule has 0 saturated heterocycles. The zero-order valence-electron chi connectivity index (χ0n) is 10.2. The molecule has 2 rings (SSSR count). The van der Waals surface area contributed by atoms with Gasteiger partial charge in [-0.25, -0.2) is 4.39 Å². The van der Waals surface area contributed by atoms with E-state index in [0.717, 1.165) is 18.8 Å². The van der Waals surface area contributed by atoms with Gasteiger partial charge in [0.1, 0.15) is 5.82 Å². The molecule has 0 aliphatic carbocycles. The fraction of sp³-hybridized carbons (Fsp3) is 0.308. The van der Waals surface area contributed by atoms with Crippen LogP contribution in [-0.4, -0.2) is 16.3 Å². The van der Waals surface area contributed by atoms with Crippen molar-refractivity contribution in [2.24, 2.45) is 0 Å². The largest absolute Gasteiger partial charge is 0.311 e. The molecule has 0 saturated carbocycles. The summed E-state index contributed by atoms with van der Waals surface area (Å²) in [6, 6.07) is 6.93. The first kappa shape index (κ1) is 13.1. The van der Waals surface area contributed by atoms with Crippen LogP contribution in [0.5, 0.6) is 0 Å². The lowest BCUT2D eigenvalue weighted by molar-refractivity contribution is 0.564. The summed E-state index contributed by atoms with van der Waals surface area (Å²) >= 11 is 5.76. The third-order valence-corrected chi connectivity index (χ3v) is 3.00. The highest BCUT2D eigenvalue weighted by Crippen LogP contribution is 2.18. The highest BCUT2D eigenvalue weighted by atomic mass is 35.5. The lowest BCUT2D eigenvalue weighted by Crippen LogP contribution is -2.16. The Kier molecular flexibility index (Phi) is 4.33. The number of hydrogen-bond donors (Lipinski definition) is 1. The summed E-state index contributed by atoms with van der Waals surface area (Å²) in [6.45, 7) is 4.03. The molecular weight excluding hydrogens is 253 g/mol. The van der Waals surface area contributed by atoms with Crippen LogP contribution in [0.2, 0.25) is 5.02 Å². The van der Waals surface area contributed by atoms with Gasteiger partial charge in [-0.1, -0.05) is 30.7 Å². The highest BCUT2D eigenvalue weighted by molar-refractivity contribution is 6.30. The molecule has 0 spiro atoms. The molecule has 1 aromatic carbocycles. The van der Waals surface area contributed by atoms with Crippen LogP contribution in [0.25, 0.3) is 0 Å². The number of rotatable bonds is 5. The van der Waals surface area contributed by atoms with E-state index in [1.165, 1.54) is 0 Å². The van der Waals surface area contributed by atoms with Crippen molar-refractivity contribution in [3.63, 3.8) is 0 Å². The summed E-state index contributed by atoms with van der Waals surface area (Å²) in [7, 11) is 0. The average molecular weight is 268 g/mol. The van der Waals surface area contributed by atoms with Gasteiger partial charge in [0.2, 0.25) is 0 Å². The minimum absolute atomic E-state index is 0.146. The minimum atomic E-state index is -0.371. The second-order valence-corrected chi connectivity index (χ2v) is 4.38. The van der Waals surface area contributed by atoms with E-state index in [4.69, 9.17) is 11.6 Å². The van der Waals surface area contributed by atoms with Crippen LogP contribution in [0.3, 0.4) is 0 Å². The van der Waals surface area contributed by atoms with Crippen molar-refractivity contribution in [3.8, 4) is 0 Å². The van der Waals surface area contributed by atoms with Crippen molar-refractivity contribution in [3.05, 3.63) is 52.6 Å². The summed E-state index contributed by atoms with van der Waals surface area (Å²) < 4.78 is 15.6. The second-order valence-electron chi connectivity index (χ2n) is 3.97. The van der Waals surface area contributed by atoms with Crippen LogP contribution in [0.1, 0.15) is 18.2 Å². The fourth-order valence-electron chi connectivity index (χ4n) is 1.74. The van der Waals surface area contributed by atoms with E-state index in [1.54, 1.807) is 29.1 Å². The molecule has 0 fully saturated rings. The third kappa shape index (κ3) is 2.89. The molecule has 0 amide bonds. The molecule has 3 nitrogen and oxygen atoms in total. The summed E-state index contributed by atoms with van der Waals surface area (Å²) in [5, 5.41) is 7.57. The van der Waals surface area contributed by atoms with E-state index in [0.29, 0.717) is 12.1 Å². The number of aromatic nitrogens is 2. The summed E-state index contributed by atoms with van der Waals surface area (Å²) in [6.07, 6.45) is 1.72. The number of halogens is 2. The molecule has 0 bridgehead atoms. The van der Waals surface area contributed by atoms with Gasteiger partial charge in [0.05, 0.1) is 17.3 Å². The smallest absolute Gasteiger partial charge is 0.146 e. The molecular formula is C13H15ClFN3. The molecule has 1 aromatic heterocycles. The predicted octanol–water partition coefficient (Wildman–Crippen LogP) is 2.83. The van der Waals surface area contributed by atoms with Crippen molar-refractivity contribution in [1.29, 1.82) is 0 Å². The van der Waals surface area contributed by atoms with Gasteiger partial charge >= 0.3 is 0 Å². The topological polar surface area (TPSA) is 29.9 Å². The lowest BCUT2D eigenvalue weighted by Gasteiger charge is -2.09. The zero-order chi connectivity index (χ0) is 13.0. The maximum atomic E-state index is 13.8. The van der Waals surface area contributed by atoms with Crippen molar-refractivity contribution < 1.29 is 4.39 Å². The van der Waals surface area contributed by atoms with Crippen molar-refractivity contribution in [2.45, 2.75) is 20.0 Å². The first-order chi connectivity index (χ1) is 8.72. The SMILES string of the molecule is CCNCc1ccnn1Cc1cccc(Cl)c1F. The first-order valence-electron chi connectivity index (χ1n) is 5.86. The first-order valence-corrected chi connectivity index (χ1v) is 6.24. The Morgan fingerprint density at radius 3 is 3.00 bits per heavy atom. The van der Waals surface area contributed by atoms with Crippen LogP contribution in [-0.2, 0) is 13.1 Å². The van der Waals surface area contributed by atoms with E-state index in [1.807, 2.05) is 13.0 Å². The minimum Gasteiger partial charge on any atom is -0.311 e. The summed E-state index contributed by atoms with van der Waals surface area (Å²) in [5.41, 5.74) is 1.57. The van der Waals surface area contributed by atoms with Crippen molar-refractivity contribution in [1.82, 2.24) is 15.1 Å². The maximum Gasteiger partial charge on any atom is 0.146 e. The monoisotopic (exact) mass is 267 g/mol. The molecule has 1 heterocycles. The molecule has 0 aliphatic heterocycles. The van der Waals surface area contributed by atoms with Gasteiger partial charge in [-0.15, -0.1) is 0 Å². The van der Waals surface area contributed by atoms with Crippen LogP contribution < -0.4 is 5.32 Å². The Bertz CT molecular complexity index is 525. The molecule has 96 valence electrons. The number of hydrogen-bond acceptors (Lipinski definition) is 2. The number of nitrogens with zero attached hydrogens (tertiary/aromatic N) is 2. The van der Waals surface area contributed by atoms with E-state index >= 15 is 0 Å². The Labute approximate surface area is 111 Å². The average Bonchev–Trinajstić information content (AvgIpc) is 2.80. The van der Waals surface area contributed by atoms with Crippen LogP contribution in [0.4, 0.5) is 4.39 Å². The van der Waals surface area contributed by atoms with Gasteiger partial charge in [-0.05, 0) is 18.7 Å². The molecule has 5 heteroatoms. The Balaban J connectivity index is 2.18. The second kappa shape index (κ2) is 5.98. The standard InChI is InChI=1S/C13H15ClFN3/c1-2-16-8-11-6-7-17-18(11)9-10-4-3-5-12(14)13(10)15/h3-7,16H,2,8-9H2,1H3. The Morgan fingerprint density at radius 2 is 2.22 bits per heavy atom. The Morgan fingerprint density at radius 1 is 1.39 bits per heavy atom. The molecule has 18 heavy (non-hydrogen) atoms. The molecule has 0 radical (unpaired) electrons. The van der Waals surface area contributed by atoms with Crippen molar-refractivity contribution in [2.75, 3.05) is 6.54 Å². The van der Waals surface area contributed by atoms with E-state index in [9.17, 15) is 4.39 Å². The van der Waals surface area contributed by atoms with Gasteiger partial charge in [0.25, 0.3) is 0 Å². The van der Waals surface area contributed by atoms with E-state index < -0.39 is 0 Å². The van der Waals surface area contributed by atoms with E-state index in [-0.39, 0.29) is 10.8 Å². The van der Waals surface area contributed by atoms with Gasteiger partial charge in [-0.3, -0.25) is 4.68 Å². The fourth-order valence-corrected chi connectivity index (χ4v) is 1.93. The van der Waals surface area contributed by atoms with E-state index in [2.05, 4.69) is 10.4 Å². The molecule has 1 N–H and O–H groups in total. The normalized spacial score (nSPS) is 10.8. The van der Waals surface area contributed by atoms with Crippen LogP contribution in [0.15, 0.2) is 30.5 Å². The zero-order valence-corrected chi connectivity index (χ0v) is 10.9. The molecule has 0 atom stereocenters. The van der Waals surface area contributed by atoms with Crippen LogP contribution >= 0.6 is 11.6 Å². The quantitative estimate of drug-likeness (QED) is 0.903. The van der Waals surface area contributed by atoms with Gasteiger partial charge in [0.15, 0.2) is 0 Å².